The Morgan fingerprint density at radius 3 is 2.20 bits per heavy atom. The molecule has 0 amide bonds. The zero-order chi connectivity index (χ0) is 4.28. The van der Waals surface area contributed by atoms with E-state index >= 15 is 0 Å². The van der Waals surface area contributed by atoms with Crippen molar-refractivity contribution >= 4 is 26.2 Å². The van der Waals surface area contributed by atoms with E-state index in [9.17, 15) is 0 Å². The van der Waals surface area contributed by atoms with Crippen LogP contribution in [0.1, 0.15) is 0 Å². The third-order valence-corrected chi connectivity index (χ3v) is 0.654. The molecule has 0 N–H and O–H groups in total. The quantitative estimate of drug-likeness (QED) is 0.358. The Morgan fingerprint density at radius 1 is 2.00 bits per heavy atom. The maximum absolute atomic E-state index is 8.99. The van der Waals surface area contributed by atoms with Crippen LogP contribution in [0.2, 0.25) is 0 Å². The van der Waals surface area contributed by atoms with Crippen molar-refractivity contribution in [1.82, 2.24) is 0 Å². The number of nitrogens with zero attached hydrogens (tertiary/aromatic N) is 1. The van der Waals surface area contributed by atoms with Gasteiger partial charge in [-0.25, -0.2) is 0 Å². The van der Waals surface area contributed by atoms with Gasteiger partial charge in [-0.2, -0.15) is 0 Å². The Labute approximate surface area is 44.6 Å². The third kappa shape index (κ3) is 4.12. The van der Waals surface area contributed by atoms with Crippen LogP contribution in [0.25, 0.3) is 0 Å². The minimum absolute atomic E-state index is 0.174. The fourth-order valence-corrected chi connectivity index (χ4v) is 0. The molecule has 0 heterocycles. The summed E-state index contributed by atoms with van der Waals surface area (Å²) in [5, 5.41) is 8.17. The second-order valence-electron chi connectivity index (χ2n) is 0.315. The van der Waals surface area contributed by atoms with Gasteiger partial charge in [-0.3, -0.25) is 0 Å². The summed E-state index contributed by atoms with van der Waals surface area (Å²) in [6.07, 6.45) is 0. The van der Waals surface area contributed by atoms with Crippen LogP contribution in [-0.2, 0) is 2.79 Å². The van der Waals surface area contributed by atoms with Crippen molar-refractivity contribution in [2.45, 2.75) is 0 Å². The average Bonchev–Trinajstić information content (AvgIpc) is 1.38. The Morgan fingerprint density at radius 2 is 2.20 bits per heavy atom. The van der Waals surface area contributed by atoms with E-state index in [1.165, 1.54) is 0 Å². The average molecular weight is 269 g/mol. The molecule has 0 spiro atoms. The number of rotatable bonds is 1. The van der Waals surface area contributed by atoms with Crippen LogP contribution >= 0.6 is 0 Å². The molecule has 0 fully saturated rings. The van der Waals surface area contributed by atoms with E-state index < -0.39 is 5.09 Å². The van der Waals surface area contributed by atoms with E-state index in [0.717, 1.165) is 0 Å². The zero-order valence-electron chi connectivity index (χ0n) is 2.17. The fraction of sp³-hybridized carbons (Fsp3) is 0. The van der Waals surface area contributed by atoms with Gasteiger partial charge in [-0.05, 0) is 0 Å². The molecule has 0 aromatic carbocycles. The first kappa shape index (κ1) is 5.12. The summed E-state index contributed by atoms with van der Waals surface area (Å²) < 4.78 is 3.61. The second-order valence-corrected chi connectivity index (χ2v) is 1.02. The summed E-state index contributed by atoms with van der Waals surface area (Å²) in [5.41, 5.74) is 0. The molecule has 4 nitrogen and oxygen atoms in total. The summed E-state index contributed by atoms with van der Waals surface area (Å²) in [5.74, 6) is 0. The molecule has 3 radical (unpaired) electrons. The summed E-state index contributed by atoms with van der Waals surface area (Å²) in [6, 6.07) is 0. The van der Waals surface area contributed by atoms with Gasteiger partial charge < -0.3 is 0 Å². The van der Waals surface area contributed by atoms with E-state index in [-0.39, 0.29) is 26.2 Å². The molecule has 0 unspecified atom stereocenters. The van der Waals surface area contributed by atoms with Crippen LogP contribution in [0.3, 0.4) is 0 Å². The van der Waals surface area contributed by atoms with Crippen LogP contribution in [-0.4, -0.2) is 31.3 Å². The van der Waals surface area contributed by atoms with Gasteiger partial charge in [0.2, 0.25) is 0 Å². The second kappa shape index (κ2) is 2.36. The van der Waals surface area contributed by atoms with Crippen LogP contribution < -0.4 is 0 Å². The van der Waals surface area contributed by atoms with Gasteiger partial charge in [0, 0.05) is 0 Å². The molecule has 0 aromatic rings. The van der Waals surface area contributed by atoms with Gasteiger partial charge in [-0.1, -0.05) is 0 Å². The van der Waals surface area contributed by atoms with E-state index in [0.29, 0.717) is 0 Å². The first-order valence-electron chi connectivity index (χ1n) is 0.752. The molecular weight excluding hydrogens is 269 g/mol. The molecule has 27 valence electrons. The molecule has 5 heteroatoms. The fourth-order valence-electron chi connectivity index (χ4n) is 0. The molecule has 0 saturated carbocycles. The first-order chi connectivity index (χ1) is 2.27. The van der Waals surface area contributed by atoms with Gasteiger partial charge in [0.25, 0.3) is 0 Å². The summed E-state index contributed by atoms with van der Waals surface area (Å²) in [6.45, 7) is 0. The van der Waals surface area contributed by atoms with Crippen LogP contribution in [0, 0.1) is 10.1 Å². The monoisotopic (exact) mass is 270 g/mol. The Hall–Kier alpha value is 0.122. The van der Waals surface area contributed by atoms with Crippen molar-refractivity contribution < 1.29 is 7.87 Å². The molecule has 0 saturated heterocycles. The van der Waals surface area contributed by atoms with Gasteiger partial charge in [0.15, 0.2) is 0 Å². The van der Waals surface area contributed by atoms with Gasteiger partial charge >= 0.3 is 44.2 Å². The van der Waals surface area contributed by atoms with Crippen LogP contribution in [0.5, 0.6) is 0 Å². The summed E-state index contributed by atoms with van der Waals surface area (Å²) >= 11 is 0.174. The first-order valence-corrected chi connectivity index (χ1v) is 2.34. The minimum atomic E-state index is -0.813. The zero-order valence-corrected chi connectivity index (χ0v) is 6.06. The Bertz CT molecular complexity index is 42.2. The van der Waals surface area contributed by atoms with Crippen LogP contribution in [0.15, 0.2) is 0 Å². The van der Waals surface area contributed by atoms with Crippen molar-refractivity contribution in [3.05, 3.63) is 10.1 Å². The SMILES string of the molecule is O=[N+]([O-])[O][Pb]. The Balaban J connectivity index is 2.85. The number of hydrogen-bond acceptors (Lipinski definition) is 3. The molecule has 0 aliphatic rings. The molecular formula is NO3Pb. The molecule has 0 aromatic heterocycles. The predicted octanol–water partition coefficient (Wildman–Crippen LogP) is -0.722. The molecule has 0 bridgehead atoms. The Kier molecular flexibility index (Phi) is 2.42. The van der Waals surface area contributed by atoms with Crippen molar-refractivity contribution in [3.8, 4) is 0 Å². The van der Waals surface area contributed by atoms with Crippen molar-refractivity contribution in [3.63, 3.8) is 0 Å². The van der Waals surface area contributed by atoms with Crippen molar-refractivity contribution in [2.24, 2.45) is 0 Å². The normalized spacial score (nSPS) is 6.60. The summed E-state index contributed by atoms with van der Waals surface area (Å²) in [7, 11) is 0. The van der Waals surface area contributed by atoms with E-state index in [4.69, 9.17) is 10.1 Å². The van der Waals surface area contributed by atoms with Crippen LogP contribution in [0.4, 0.5) is 0 Å². The third-order valence-electron chi connectivity index (χ3n) is 0.0745. The van der Waals surface area contributed by atoms with Crippen molar-refractivity contribution in [1.29, 1.82) is 0 Å². The van der Waals surface area contributed by atoms with E-state index in [1.54, 1.807) is 0 Å². The number of hydrogen-bond donors (Lipinski definition) is 0. The topological polar surface area (TPSA) is 52.4 Å². The van der Waals surface area contributed by atoms with Gasteiger partial charge in [0.1, 0.15) is 0 Å². The molecule has 0 aliphatic heterocycles. The van der Waals surface area contributed by atoms with Crippen molar-refractivity contribution in [2.75, 3.05) is 0 Å². The van der Waals surface area contributed by atoms with Gasteiger partial charge in [0.05, 0.1) is 0 Å². The standard InChI is InChI=1S/NO3.Pb/c2-1(3)4;/q-1;+1. The van der Waals surface area contributed by atoms with Gasteiger partial charge in [-0.15, -0.1) is 0 Å². The summed E-state index contributed by atoms with van der Waals surface area (Å²) in [4.78, 5) is 8.99. The molecule has 0 atom stereocenters. The molecule has 0 rings (SSSR count). The molecule has 0 aliphatic carbocycles. The van der Waals surface area contributed by atoms with E-state index in [1.807, 2.05) is 0 Å². The molecule has 5 heavy (non-hydrogen) atoms. The predicted molar refractivity (Wildman–Crippen MR) is 13.8 cm³/mol. The van der Waals surface area contributed by atoms with E-state index in [2.05, 4.69) is 2.79 Å². The maximum atomic E-state index is 8.99.